The number of hydrogen-bond donors (Lipinski definition) is 2. The average Bonchev–Trinajstić information content (AvgIpc) is 2.92. The largest absolute Gasteiger partial charge is 0.504 e. The SMILES string of the molecule is COc1ccc([C@@H]2NC(=O)c3nc4ccccc4c(=O)n32)cc1O. The van der Waals surface area contributed by atoms with Gasteiger partial charge in [-0.2, -0.15) is 0 Å². The minimum atomic E-state index is -0.728. The molecule has 0 saturated heterocycles. The van der Waals surface area contributed by atoms with Gasteiger partial charge in [0.2, 0.25) is 5.82 Å². The Labute approximate surface area is 136 Å². The number of benzene rings is 2. The van der Waals surface area contributed by atoms with E-state index in [0.29, 0.717) is 22.2 Å². The summed E-state index contributed by atoms with van der Waals surface area (Å²) in [5, 5.41) is 13.1. The van der Waals surface area contributed by atoms with Crippen LogP contribution in [0.2, 0.25) is 0 Å². The van der Waals surface area contributed by atoms with Crippen LogP contribution in [0.5, 0.6) is 11.5 Å². The number of ether oxygens (including phenoxy) is 1. The summed E-state index contributed by atoms with van der Waals surface area (Å²) >= 11 is 0. The van der Waals surface area contributed by atoms with E-state index < -0.39 is 12.1 Å². The van der Waals surface area contributed by atoms with Gasteiger partial charge in [0.1, 0.15) is 6.17 Å². The normalized spacial score (nSPS) is 16.0. The van der Waals surface area contributed by atoms with Gasteiger partial charge in [0.05, 0.1) is 18.0 Å². The Kier molecular flexibility index (Phi) is 3.02. The van der Waals surface area contributed by atoms with Crippen LogP contribution in [-0.4, -0.2) is 27.7 Å². The molecule has 3 aromatic rings. The third kappa shape index (κ3) is 1.95. The van der Waals surface area contributed by atoms with Crippen LogP contribution >= 0.6 is 0 Å². The number of fused-ring (bicyclic) bond motifs is 2. The summed E-state index contributed by atoms with van der Waals surface area (Å²) in [6, 6.07) is 11.6. The van der Waals surface area contributed by atoms with Gasteiger partial charge >= 0.3 is 0 Å². The highest BCUT2D eigenvalue weighted by molar-refractivity contribution is 5.95. The smallest absolute Gasteiger partial charge is 0.289 e. The Balaban J connectivity index is 1.94. The van der Waals surface area contributed by atoms with Gasteiger partial charge in [-0.05, 0) is 29.8 Å². The summed E-state index contributed by atoms with van der Waals surface area (Å²) in [6.45, 7) is 0. The Hall–Kier alpha value is -3.35. The number of carbonyl (C=O) groups excluding carboxylic acids is 1. The third-order valence-corrected chi connectivity index (χ3v) is 4.06. The molecule has 1 aromatic heterocycles. The number of phenols is 1. The highest BCUT2D eigenvalue weighted by Gasteiger charge is 2.33. The van der Waals surface area contributed by atoms with Crippen LogP contribution in [-0.2, 0) is 0 Å². The molecule has 0 radical (unpaired) electrons. The van der Waals surface area contributed by atoms with Crippen molar-refractivity contribution in [1.29, 1.82) is 0 Å². The number of aromatic hydroxyl groups is 1. The number of methoxy groups -OCH3 is 1. The lowest BCUT2D eigenvalue weighted by atomic mass is 10.1. The highest BCUT2D eigenvalue weighted by Crippen LogP contribution is 2.31. The number of nitrogens with one attached hydrogen (secondary N) is 1. The van der Waals surface area contributed by atoms with Crippen LogP contribution in [0.1, 0.15) is 22.3 Å². The topological polar surface area (TPSA) is 93.5 Å². The fraction of sp³-hybridized carbons (Fsp3) is 0.118. The fourth-order valence-electron chi connectivity index (χ4n) is 2.91. The number of amides is 1. The number of rotatable bonds is 2. The van der Waals surface area contributed by atoms with Crippen molar-refractivity contribution in [3.8, 4) is 11.5 Å². The molecular weight excluding hydrogens is 310 g/mol. The van der Waals surface area contributed by atoms with Crippen molar-refractivity contribution >= 4 is 16.8 Å². The summed E-state index contributed by atoms with van der Waals surface area (Å²) in [4.78, 5) is 29.3. The van der Waals surface area contributed by atoms with Crippen molar-refractivity contribution < 1.29 is 14.6 Å². The Bertz CT molecular complexity index is 1040. The molecule has 0 bridgehead atoms. The van der Waals surface area contributed by atoms with Gasteiger partial charge in [0, 0.05) is 0 Å². The van der Waals surface area contributed by atoms with Crippen LogP contribution in [0.25, 0.3) is 10.9 Å². The fourth-order valence-corrected chi connectivity index (χ4v) is 2.91. The lowest BCUT2D eigenvalue weighted by Crippen LogP contribution is -2.28. The Morgan fingerprint density at radius 2 is 2.00 bits per heavy atom. The van der Waals surface area contributed by atoms with Gasteiger partial charge in [0.15, 0.2) is 11.5 Å². The molecule has 2 N–H and O–H groups in total. The molecule has 7 heteroatoms. The second-order valence-electron chi connectivity index (χ2n) is 5.43. The molecule has 1 aliphatic heterocycles. The maximum Gasteiger partial charge on any atom is 0.289 e. The molecule has 24 heavy (non-hydrogen) atoms. The molecule has 0 unspecified atom stereocenters. The highest BCUT2D eigenvalue weighted by atomic mass is 16.5. The standard InChI is InChI=1S/C17H13N3O4/c1-24-13-7-6-9(8-12(13)21)14-19-16(22)15-18-11-5-3-2-4-10(11)17(23)20(14)15/h2-8,14,21H,1H3,(H,19,22)/t14-/m1/s1. The van der Waals surface area contributed by atoms with Gasteiger partial charge in [-0.1, -0.05) is 18.2 Å². The summed E-state index contributed by atoms with van der Waals surface area (Å²) < 4.78 is 6.33. The summed E-state index contributed by atoms with van der Waals surface area (Å²) in [5.41, 5.74) is 0.718. The maximum absolute atomic E-state index is 12.8. The third-order valence-electron chi connectivity index (χ3n) is 4.06. The Morgan fingerprint density at radius 1 is 1.21 bits per heavy atom. The van der Waals surface area contributed by atoms with E-state index in [1.54, 1.807) is 36.4 Å². The number of hydrogen-bond acceptors (Lipinski definition) is 5. The van der Waals surface area contributed by atoms with Crippen molar-refractivity contribution in [3.63, 3.8) is 0 Å². The zero-order chi connectivity index (χ0) is 16.8. The minimum absolute atomic E-state index is 0.0546. The van der Waals surface area contributed by atoms with E-state index in [1.165, 1.54) is 17.7 Å². The predicted molar refractivity (Wildman–Crippen MR) is 86.3 cm³/mol. The van der Waals surface area contributed by atoms with Crippen LogP contribution in [0.4, 0.5) is 0 Å². The Morgan fingerprint density at radius 3 is 2.75 bits per heavy atom. The van der Waals surface area contributed by atoms with E-state index in [1.807, 2.05) is 0 Å². The van der Waals surface area contributed by atoms with E-state index >= 15 is 0 Å². The van der Waals surface area contributed by atoms with Crippen molar-refractivity contribution in [3.05, 3.63) is 64.2 Å². The molecule has 2 aromatic carbocycles. The average molecular weight is 323 g/mol. The number of nitrogens with zero attached hydrogens (tertiary/aromatic N) is 2. The molecule has 0 aliphatic carbocycles. The number of phenolic OH excluding ortho intramolecular Hbond substituents is 1. The van der Waals surface area contributed by atoms with Crippen molar-refractivity contribution in [2.24, 2.45) is 0 Å². The van der Waals surface area contributed by atoms with E-state index in [0.717, 1.165) is 0 Å². The molecule has 1 atom stereocenters. The van der Waals surface area contributed by atoms with E-state index in [2.05, 4.69) is 10.3 Å². The first-order valence-corrected chi connectivity index (χ1v) is 7.29. The zero-order valence-corrected chi connectivity index (χ0v) is 12.7. The second kappa shape index (κ2) is 5.09. The summed E-state index contributed by atoms with van der Waals surface area (Å²) in [6.07, 6.45) is -0.728. The molecule has 0 spiro atoms. The summed E-state index contributed by atoms with van der Waals surface area (Å²) in [7, 11) is 1.45. The molecule has 7 nitrogen and oxygen atoms in total. The first-order valence-electron chi connectivity index (χ1n) is 7.29. The van der Waals surface area contributed by atoms with Gasteiger partial charge < -0.3 is 15.2 Å². The molecule has 0 saturated carbocycles. The molecule has 1 aliphatic rings. The second-order valence-corrected chi connectivity index (χ2v) is 5.43. The predicted octanol–water partition coefficient (Wildman–Crippen LogP) is 1.40. The quantitative estimate of drug-likeness (QED) is 0.743. The van der Waals surface area contributed by atoms with E-state index in [4.69, 9.17) is 4.74 Å². The monoisotopic (exact) mass is 323 g/mol. The van der Waals surface area contributed by atoms with Crippen LogP contribution in [0.3, 0.4) is 0 Å². The lowest BCUT2D eigenvalue weighted by Gasteiger charge is -2.15. The first-order chi connectivity index (χ1) is 11.6. The lowest BCUT2D eigenvalue weighted by molar-refractivity contribution is 0.0956. The van der Waals surface area contributed by atoms with Crippen LogP contribution in [0, 0.1) is 0 Å². The first kappa shape index (κ1) is 14.3. The van der Waals surface area contributed by atoms with E-state index in [-0.39, 0.29) is 17.1 Å². The summed E-state index contributed by atoms with van der Waals surface area (Å²) in [5.74, 6) is -0.135. The van der Waals surface area contributed by atoms with Gasteiger partial charge in [-0.25, -0.2) is 4.98 Å². The molecule has 1 amide bonds. The molecule has 4 rings (SSSR count). The number of para-hydroxylation sites is 1. The van der Waals surface area contributed by atoms with Crippen molar-refractivity contribution in [2.75, 3.05) is 7.11 Å². The van der Waals surface area contributed by atoms with E-state index in [9.17, 15) is 14.7 Å². The number of carbonyl (C=O) groups is 1. The molecule has 120 valence electrons. The van der Waals surface area contributed by atoms with Crippen molar-refractivity contribution in [2.45, 2.75) is 6.17 Å². The van der Waals surface area contributed by atoms with Crippen LogP contribution in [0.15, 0.2) is 47.3 Å². The van der Waals surface area contributed by atoms with Crippen LogP contribution < -0.4 is 15.6 Å². The molecular formula is C17H13N3O4. The van der Waals surface area contributed by atoms with Gasteiger partial charge in [0.25, 0.3) is 11.5 Å². The zero-order valence-electron chi connectivity index (χ0n) is 12.7. The van der Waals surface area contributed by atoms with Gasteiger partial charge in [-0.15, -0.1) is 0 Å². The molecule has 0 fully saturated rings. The molecule has 2 heterocycles. The van der Waals surface area contributed by atoms with Gasteiger partial charge in [-0.3, -0.25) is 14.2 Å². The van der Waals surface area contributed by atoms with Crippen molar-refractivity contribution in [1.82, 2.24) is 14.9 Å². The number of aromatic nitrogens is 2. The minimum Gasteiger partial charge on any atom is -0.504 e. The maximum atomic E-state index is 12.8.